The van der Waals surface area contributed by atoms with E-state index in [0.717, 1.165) is 33.0 Å². The van der Waals surface area contributed by atoms with Crippen LogP contribution >= 0.6 is 11.8 Å². The van der Waals surface area contributed by atoms with Crippen molar-refractivity contribution < 1.29 is 0 Å². The van der Waals surface area contributed by atoms with Crippen LogP contribution in [0.4, 0.5) is 0 Å². The number of aromatic amines is 1. The van der Waals surface area contributed by atoms with Crippen LogP contribution in [0.3, 0.4) is 0 Å². The van der Waals surface area contributed by atoms with Gasteiger partial charge in [0.15, 0.2) is 11.0 Å². The summed E-state index contributed by atoms with van der Waals surface area (Å²) in [6.07, 6.45) is 1.97. The van der Waals surface area contributed by atoms with Crippen LogP contribution in [0.25, 0.3) is 22.3 Å². The monoisotopic (exact) mass is 345 g/mol. The molecule has 1 N–H and O–H groups in total. The van der Waals surface area contributed by atoms with Crippen molar-refractivity contribution in [3.05, 3.63) is 65.9 Å². The molecule has 2 aromatic heterocycles. The van der Waals surface area contributed by atoms with Crippen LogP contribution in [0, 0.1) is 11.3 Å². The lowest BCUT2D eigenvalue weighted by Gasteiger charge is -2.04. The highest BCUT2D eigenvalue weighted by molar-refractivity contribution is 7.98. The molecule has 122 valence electrons. The molecule has 25 heavy (non-hydrogen) atoms. The summed E-state index contributed by atoms with van der Waals surface area (Å²) in [6, 6.07) is 18.0. The van der Waals surface area contributed by atoms with Crippen molar-refractivity contribution in [3.63, 3.8) is 0 Å². The Morgan fingerprint density at radius 3 is 2.80 bits per heavy atom. The molecule has 0 fully saturated rings. The Morgan fingerprint density at radius 1 is 1.12 bits per heavy atom. The molecule has 0 atom stereocenters. The topological polar surface area (TPSA) is 70.3 Å². The van der Waals surface area contributed by atoms with E-state index < -0.39 is 0 Å². The van der Waals surface area contributed by atoms with E-state index in [1.165, 1.54) is 0 Å². The van der Waals surface area contributed by atoms with Gasteiger partial charge >= 0.3 is 0 Å². The molecule has 0 bridgehead atoms. The van der Waals surface area contributed by atoms with E-state index in [1.54, 1.807) is 11.8 Å². The van der Waals surface area contributed by atoms with Gasteiger partial charge in [-0.3, -0.25) is 0 Å². The molecule has 4 aromatic rings. The fraction of sp³-hybridized carbons (Fsp3) is 0.105. The van der Waals surface area contributed by atoms with Crippen molar-refractivity contribution in [2.45, 2.75) is 10.9 Å². The van der Waals surface area contributed by atoms with Crippen LogP contribution < -0.4 is 0 Å². The number of H-pyrrole nitrogens is 1. The highest BCUT2D eigenvalue weighted by Crippen LogP contribution is 2.30. The van der Waals surface area contributed by atoms with Gasteiger partial charge in [0.05, 0.1) is 11.6 Å². The summed E-state index contributed by atoms with van der Waals surface area (Å²) in [5, 5.41) is 19.9. The quantitative estimate of drug-likeness (QED) is 0.565. The minimum absolute atomic E-state index is 0.684. The van der Waals surface area contributed by atoms with E-state index in [0.29, 0.717) is 11.3 Å². The summed E-state index contributed by atoms with van der Waals surface area (Å²) < 4.78 is 2.00. The van der Waals surface area contributed by atoms with Crippen molar-refractivity contribution in [1.82, 2.24) is 19.7 Å². The molecule has 0 aliphatic rings. The molecule has 0 saturated carbocycles. The molecule has 0 aliphatic heterocycles. The first kappa shape index (κ1) is 15.5. The Morgan fingerprint density at radius 2 is 1.92 bits per heavy atom. The summed E-state index contributed by atoms with van der Waals surface area (Å²) in [5.41, 5.74) is 3.83. The van der Waals surface area contributed by atoms with Crippen LogP contribution in [-0.4, -0.2) is 19.7 Å². The predicted molar refractivity (Wildman–Crippen MR) is 99.0 cm³/mol. The van der Waals surface area contributed by atoms with E-state index in [9.17, 15) is 5.26 Å². The maximum absolute atomic E-state index is 9.20. The molecule has 0 aliphatic carbocycles. The van der Waals surface area contributed by atoms with Gasteiger partial charge in [-0.05, 0) is 17.7 Å². The summed E-state index contributed by atoms with van der Waals surface area (Å²) in [4.78, 5) is 3.27. The Hall–Kier alpha value is -3.04. The molecule has 0 amide bonds. The van der Waals surface area contributed by atoms with E-state index in [1.807, 2.05) is 60.3 Å². The minimum atomic E-state index is 0.684. The van der Waals surface area contributed by atoms with E-state index in [4.69, 9.17) is 0 Å². The number of nitrogens with one attached hydrogen (secondary N) is 1. The van der Waals surface area contributed by atoms with Gasteiger partial charge in [0.2, 0.25) is 0 Å². The molecular weight excluding hydrogens is 330 g/mol. The lowest BCUT2D eigenvalue weighted by molar-refractivity contribution is 0.794. The largest absolute Gasteiger partial charge is 0.360 e. The van der Waals surface area contributed by atoms with Crippen molar-refractivity contribution in [3.8, 4) is 17.5 Å². The van der Waals surface area contributed by atoms with Gasteiger partial charge in [0.25, 0.3) is 0 Å². The SMILES string of the molecule is Cn1c(SCc2ccccc2C#N)nnc1-c1c[nH]c2ccccc12. The lowest BCUT2D eigenvalue weighted by Crippen LogP contribution is -1.95. The molecule has 6 heteroatoms. The maximum atomic E-state index is 9.20. The number of para-hydroxylation sites is 1. The van der Waals surface area contributed by atoms with Gasteiger partial charge in [0.1, 0.15) is 0 Å². The summed E-state index contributed by atoms with van der Waals surface area (Å²) in [5.74, 6) is 1.51. The third-order valence-corrected chi connectivity index (χ3v) is 5.23. The smallest absolute Gasteiger partial charge is 0.191 e. The third-order valence-electron chi connectivity index (χ3n) is 4.16. The van der Waals surface area contributed by atoms with Crippen LogP contribution in [0.5, 0.6) is 0 Å². The second kappa shape index (κ2) is 6.46. The minimum Gasteiger partial charge on any atom is -0.360 e. The van der Waals surface area contributed by atoms with E-state index in [-0.39, 0.29) is 0 Å². The van der Waals surface area contributed by atoms with Crippen molar-refractivity contribution >= 4 is 22.7 Å². The van der Waals surface area contributed by atoms with Crippen LogP contribution in [0.15, 0.2) is 59.9 Å². The average Bonchev–Trinajstić information content (AvgIpc) is 3.23. The zero-order valence-electron chi connectivity index (χ0n) is 13.6. The number of fused-ring (bicyclic) bond motifs is 1. The first-order valence-corrected chi connectivity index (χ1v) is 8.83. The molecule has 2 aromatic carbocycles. The Balaban J connectivity index is 1.63. The van der Waals surface area contributed by atoms with Crippen molar-refractivity contribution in [2.24, 2.45) is 7.05 Å². The fourth-order valence-electron chi connectivity index (χ4n) is 2.83. The Bertz CT molecular complexity index is 1090. The molecule has 0 spiro atoms. The average molecular weight is 345 g/mol. The zero-order chi connectivity index (χ0) is 17.2. The highest BCUT2D eigenvalue weighted by Gasteiger charge is 2.15. The third kappa shape index (κ3) is 2.79. The number of nitriles is 1. The first-order valence-electron chi connectivity index (χ1n) is 7.84. The van der Waals surface area contributed by atoms with Gasteiger partial charge in [-0.25, -0.2) is 0 Å². The number of rotatable bonds is 4. The van der Waals surface area contributed by atoms with Gasteiger partial charge in [0, 0.05) is 35.5 Å². The highest BCUT2D eigenvalue weighted by atomic mass is 32.2. The van der Waals surface area contributed by atoms with E-state index >= 15 is 0 Å². The molecule has 2 heterocycles. The van der Waals surface area contributed by atoms with Gasteiger partial charge in [-0.2, -0.15) is 5.26 Å². The predicted octanol–water partition coefficient (Wildman–Crippen LogP) is 4.13. The van der Waals surface area contributed by atoms with Crippen molar-refractivity contribution in [2.75, 3.05) is 0 Å². The number of nitrogens with zero attached hydrogens (tertiary/aromatic N) is 4. The standard InChI is InChI=1S/C19H15N5S/c1-24-18(16-11-21-17-9-5-4-8-15(16)17)22-23-19(24)25-12-14-7-3-2-6-13(14)10-20/h2-9,11,21H,12H2,1H3. The normalized spacial score (nSPS) is 10.9. The molecule has 0 radical (unpaired) electrons. The second-order valence-corrected chi connectivity index (χ2v) is 6.61. The number of thioether (sulfide) groups is 1. The Labute approximate surface area is 149 Å². The number of benzene rings is 2. The molecule has 0 unspecified atom stereocenters. The summed E-state index contributed by atoms with van der Waals surface area (Å²) >= 11 is 1.58. The first-order chi connectivity index (χ1) is 12.3. The molecular formula is C19H15N5S. The number of hydrogen-bond acceptors (Lipinski definition) is 4. The van der Waals surface area contributed by atoms with Crippen LogP contribution in [-0.2, 0) is 12.8 Å². The van der Waals surface area contributed by atoms with Crippen molar-refractivity contribution in [1.29, 1.82) is 5.26 Å². The maximum Gasteiger partial charge on any atom is 0.191 e. The van der Waals surface area contributed by atoms with Gasteiger partial charge < -0.3 is 9.55 Å². The molecule has 5 nitrogen and oxygen atoms in total. The number of hydrogen-bond donors (Lipinski definition) is 1. The fourth-order valence-corrected chi connectivity index (χ4v) is 3.74. The lowest BCUT2D eigenvalue weighted by atomic mass is 10.1. The van der Waals surface area contributed by atoms with E-state index in [2.05, 4.69) is 27.3 Å². The van der Waals surface area contributed by atoms with Gasteiger partial charge in [-0.15, -0.1) is 10.2 Å². The summed E-state index contributed by atoms with van der Waals surface area (Å²) in [6.45, 7) is 0. The second-order valence-electron chi connectivity index (χ2n) is 5.67. The molecule has 0 saturated heterocycles. The summed E-state index contributed by atoms with van der Waals surface area (Å²) in [7, 11) is 1.97. The Kier molecular flexibility index (Phi) is 4.00. The van der Waals surface area contributed by atoms with Crippen LogP contribution in [0.1, 0.15) is 11.1 Å². The van der Waals surface area contributed by atoms with Crippen LogP contribution in [0.2, 0.25) is 0 Å². The number of aromatic nitrogens is 4. The van der Waals surface area contributed by atoms with Gasteiger partial charge in [-0.1, -0.05) is 48.2 Å². The zero-order valence-corrected chi connectivity index (χ0v) is 14.4. The molecule has 4 rings (SSSR count).